The normalized spacial score (nSPS) is 17.2. The van der Waals surface area contributed by atoms with Crippen LogP contribution in [0, 0.1) is 5.82 Å². The van der Waals surface area contributed by atoms with Gasteiger partial charge in [0, 0.05) is 24.3 Å². The topological polar surface area (TPSA) is 46.9 Å². The summed E-state index contributed by atoms with van der Waals surface area (Å²) in [6.07, 6.45) is 1.67. The Balaban J connectivity index is 2.08. The fourth-order valence-corrected chi connectivity index (χ4v) is 3.25. The van der Waals surface area contributed by atoms with Crippen LogP contribution in [0.2, 0.25) is 5.02 Å². The van der Waals surface area contributed by atoms with Crippen molar-refractivity contribution in [2.75, 3.05) is 0 Å². The number of hydrogen-bond acceptors (Lipinski definition) is 2. The van der Waals surface area contributed by atoms with Gasteiger partial charge in [0.1, 0.15) is 11.5 Å². The fraction of sp³-hybridized carbons (Fsp3) is 0.176. The van der Waals surface area contributed by atoms with Gasteiger partial charge in [0.2, 0.25) is 0 Å². The van der Waals surface area contributed by atoms with Gasteiger partial charge in [-0.1, -0.05) is 17.7 Å². The summed E-state index contributed by atoms with van der Waals surface area (Å²) in [6, 6.07) is 8.33. The van der Waals surface area contributed by atoms with Crippen LogP contribution in [0.1, 0.15) is 17.4 Å². The molecule has 1 aliphatic heterocycles. The lowest BCUT2D eigenvalue weighted by Gasteiger charge is -2.23. The molecule has 1 amide bonds. The highest BCUT2D eigenvalue weighted by Gasteiger charge is 2.29. The van der Waals surface area contributed by atoms with Crippen LogP contribution in [0.25, 0.3) is 22.2 Å². The summed E-state index contributed by atoms with van der Waals surface area (Å²) in [5.74, 6) is -0.690. The molecule has 0 bridgehead atoms. The SMILES string of the molecule is CC1Cn2c(c(-c3ccc(Cl)c(F)c3)c3ncccc32)C(=O)N1. The molecule has 0 saturated carbocycles. The van der Waals surface area contributed by atoms with E-state index < -0.39 is 5.82 Å². The third-order valence-electron chi connectivity index (χ3n) is 4.08. The zero-order chi connectivity index (χ0) is 16.1. The molecule has 1 aromatic carbocycles. The van der Waals surface area contributed by atoms with Gasteiger partial charge >= 0.3 is 0 Å². The zero-order valence-electron chi connectivity index (χ0n) is 12.3. The van der Waals surface area contributed by atoms with E-state index in [0.717, 1.165) is 5.52 Å². The molecule has 116 valence electrons. The van der Waals surface area contributed by atoms with Crippen molar-refractivity contribution >= 4 is 28.5 Å². The van der Waals surface area contributed by atoms with Crippen LogP contribution in [-0.4, -0.2) is 21.5 Å². The minimum Gasteiger partial charge on any atom is -0.346 e. The molecular formula is C17H13ClFN3O. The van der Waals surface area contributed by atoms with Crippen LogP contribution in [0.5, 0.6) is 0 Å². The molecule has 4 nitrogen and oxygen atoms in total. The van der Waals surface area contributed by atoms with Crippen LogP contribution >= 0.6 is 11.6 Å². The van der Waals surface area contributed by atoms with Gasteiger partial charge in [0.25, 0.3) is 5.91 Å². The molecule has 0 fully saturated rings. The van der Waals surface area contributed by atoms with Crippen LogP contribution in [0.3, 0.4) is 0 Å². The van der Waals surface area contributed by atoms with E-state index in [-0.39, 0.29) is 17.0 Å². The molecule has 0 spiro atoms. The van der Waals surface area contributed by atoms with Crippen molar-refractivity contribution < 1.29 is 9.18 Å². The molecule has 0 aliphatic carbocycles. The average Bonchev–Trinajstić information content (AvgIpc) is 2.85. The van der Waals surface area contributed by atoms with Gasteiger partial charge in [-0.2, -0.15) is 0 Å². The molecule has 0 radical (unpaired) electrons. The van der Waals surface area contributed by atoms with E-state index in [4.69, 9.17) is 11.6 Å². The molecule has 4 rings (SSSR count). The Labute approximate surface area is 136 Å². The lowest BCUT2D eigenvalue weighted by Crippen LogP contribution is -2.42. The molecule has 0 saturated heterocycles. The van der Waals surface area contributed by atoms with Gasteiger partial charge in [-0.15, -0.1) is 0 Å². The van der Waals surface area contributed by atoms with Gasteiger partial charge in [0.05, 0.1) is 16.1 Å². The van der Waals surface area contributed by atoms with Crippen LogP contribution in [0.15, 0.2) is 36.5 Å². The summed E-state index contributed by atoms with van der Waals surface area (Å²) >= 11 is 5.78. The Morgan fingerprint density at radius 1 is 1.39 bits per heavy atom. The van der Waals surface area contributed by atoms with E-state index in [9.17, 15) is 9.18 Å². The van der Waals surface area contributed by atoms with Crippen molar-refractivity contribution in [3.63, 3.8) is 0 Å². The van der Waals surface area contributed by atoms with E-state index in [2.05, 4.69) is 10.3 Å². The lowest BCUT2D eigenvalue weighted by atomic mass is 10.0. The monoisotopic (exact) mass is 329 g/mol. The number of rotatable bonds is 1. The molecule has 3 aromatic rings. The average molecular weight is 330 g/mol. The number of nitrogens with one attached hydrogen (secondary N) is 1. The molecule has 3 heterocycles. The molecule has 1 atom stereocenters. The van der Waals surface area contributed by atoms with Gasteiger partial charge in [-0.3, -0.25) is 9.78 Å². The van der Waals surface area contributed by atoms with Crippen molar-refractivity contribution in [3.05, 3.63) is 53.1 Å². The second-order valence-electron chi connectivity index (χ2n) is 5.71. The number of fused-ring (bicyclic) bond motifs is 3. The Kier molecular flexibility index (Phi) is 3.13. The first-order valence-electron chi connectivity index (χ1n) is 7.29. The minimum atomic E-state index is -0.516. The van der Waals surface area contributed by atoms with Crippen molar-refractivity contribution in [2.45, 2.75) is 19.5 Å². The number of carbonyl (C=O) groups excluding carboxylic acids is 1. The summed E-state index contributed by atoms with van der Waals surface area (Å²) < 4.78 is 15.9. The van der Waals surface area contributed by atoms with Crippen LogP contribution in [0.4, 0.5) is 4.39 Å². The largest absolute Gasteiger partial charge is 0.346 e. The molecule has 1 N–H and O–H groups in total. The first-order valence-corrected chi connectivity index (χ1v) is 7.67. The second kappa shape index (κ2) is 5.06. The number of aromatic nitrogens is 2. The summed E-state index contributed by atoms with van der Waals surface area (Å²) in [7, 11) is 0. The molecule has 2 aromatic heterocycles. The number of halogens is 2. The predicted molar refractivity (Wildman–Crippen MR) is 87.1 cm³/mol. The van der Waals surface area contributed by atoms with Gasteiger partial charge in [-0.25, -0.2) is 4.39 Å². The highest BCUT2D eigenvalue weighted by Crippen LogP contribution is 2.36. The number of hydrogen-bond donors (Lipinski definition) is 1. The summed E-state index contributed by atoms with van der Waals surface area (Å²) in [4.78, 5) is 16.9. The summed E-state index contributed by atoms with van der Waals surface area (Å²) in [5, 5.41) is 2.98. The van der Waals surface area contributed by atoms with Gasteiger partial charge in [0.15, 0.2) is 0 Å². The predicted octanol–water partition coefficient (Wildman–Crippen LogP) is 3.63. The highest BCUT2D eigenvalue weighted by atomic mass is 35.5. The number of pyridine rings is 1. The standard InChI is InChI=1S/C17H13ClFN3O/c1-9-8-22-13-3-2-6-20-15(13)14(16(22)17(23)21-9)10-4-5-11(18)12(19)7-10/h2-7,9H,8H2,1H3,(H,21,23). The molecule has 1 unspecified atom stereocenters. The van der Waals surface area contributed by atoms with Crippen LogP contribution in [-0.2, 0) is 6.54 Å². The third-order valence-corrected chi connectivity index (χ3v) is 4.38. The number of benzene rings is 1. The van der Waals surface area contributed by atoms with E-state index in [1.807, 2.05) is 23.6 Å². The van der Waals surface area contributed by atoms with Crippen molar-refractivity contribution in [2.24, 2.45) is 0 Å². The van der Waals surface area contributed by atoms with Gasteiger partial charge in [-0.05, 0) is 36.8 Å². The van der Waals surface area contributed by atoms with E-state index in [1.54, 1.807) is 12.3 Å². The summed E-state index contributed by atoms with van der Waals surface area (Å²) in [5.41, 5.74) is 3.30. The number of nitrogens with zero attached hydrogens (tertiary/aromatic N) is 2. The van der Waals surface area contributed by atoms with E-state index in [1.165, 1.54) is 12.1 Å². The maximum Gasteiger partial charge on any atom is 0.268 e. The zero-order valence-corrected chi connectivity index (χ0v) is 13.1. The number of amides is 1. The van der Waals surface area contributed by atoms with Crippen molar-refractivity contribution in [1.29, 1.82) is 0 Å². The Hall–Kier alpha value is -2.40. The Bertz CT molecular complexity index is 950. The van der Waals surface area contributed by atoms with Crippen molar-refractivity contribution in [1.82, 2.24) is 14.9 Å². The van der Waals surface area contributed by atoms with E-state index in [0.29, 0.717) is 28.9 Å². The smallest absolute Gasteiger partial charge is 0.268 e. The number of carbonyl (C=O) groups is 1. The van der Waals surface area contributed by atoms with Gasteiger partial charge < -0.3 is 9.88 Å². The lowest BCUT2D eigenvalue weighted by molar-refractivity contribution is 0.0908. The maximum absolute atomic E-state index is 13.9. The third kappa shape index (κ3) is 2.11. The van der Waals surface area contributed by atoms with Crippen molar-refractivity contribution in [3.8, 4) is 11.1 Å². The second-order valence-corrected chi connectivity index (χ2v) is 6.12. The minimum absolute atomic E-state index is 0.0283. The van der Waals surface area contributed by atoms with E-state index >= 15 is 0 Å². The summed E-state index contributed by atoms with van der Waals surface area (Å²) in [6.45, 7) is 2.60. The Morgan fingerprint density at radius 3 is 3.00 bits per heavy atom. The fourth-order valence-electron chi connectivity index (χ4n) is 3.14. The quantitative estimate of drug-likeness (QED) is 0.741. The highest BCUT2D eigenvalue weighted by molar-refractivity contribution is 6.30. The molecule has 23 heavy (non-hydrogen) atoms. The first kappa shape index (κ1) is 14.2. The maximum atomic E-state index is 13.9. The van der Waals surface area contributed by atoms with Crippen LogP contribution < -0.4 is 5.32 Å². The Morgan fingerprint density at radius 2 is 2.22 bits per heavy atom. The molecular weight excluding hydrogens is 317 g/mol. The molecule has 1 aliphatic rings. The molecule has 6 heteroatoms. The first-order chi connectivity index (χ1) is 11.1.